The molecule has 1 amide bonds. The van der Waals surface area contributed by atoms with Crippen LogP contribution in [0, 0.1) is 20.8 Å². The first-order valence-corrected chi connectivity index (χ1v) is 13.3. The number of benzene rings is 1. The van der Waals surface area contributed by atoms with Crippen molar-refractivity contribution in [3.05, 3.63) is 52.3 Å². The van der Waals surface area contributed by atoms with E-state index in [0.717, 1.165) is 36.9 Å². The summed E-state index contributed by atoms with van der Waals surface area (Å²) in [5.74, 6) is -0.0630. The van der Waals surface area contributed by atoms with Crippen molar-refractivity contribution >= 4 is 16.1 Å². The summed E-state index contributed by atoms with van der Waals surface area (Å²) in [6.07, 6.45) is 4.01. The molecular weight excluding hydrogens is 438 g/mol. The fourth-order valence-electron chi connectivity index (χ4n) is 4.74. The van der Waals surface area contributed by atoms with Gasteiger partial charge in [0.1, 0.15) is 0 Å². The van der Waals surface area contributed by atoms with Crippen molar-refractivity contribution in [1.82, 2.24) is 23.3 Å². The molecular formula is C24H35N5O3S. The zero-order valence-corrected chi connectivity index (χ0v) is 20.8. The molecule has 1 aromatic carbocycles. The van der Waals surface area contributed by atoms with Crippen molar-refractivity contribution < 1.29 is 13.2 Å². The van der Waals surface area contributed by atoms with Crippen LogP contribution in [0.5, 0.6) is 0 Å². The molecule has 4 rings (SSSR count). The number of carbonyl (C=O) groups excluding carboxylic acids is 1. The van der Waals surface area contributed by atoms with E-state index in [-0.39, 0.29) is 5.91 Å². The van der Waals surface area contributed by atoms with Crippen molar-refractivity contribution in [2.75, 3.05) is 39.3 Å². The summed E-state index contributed by atoms with van der Waals surface area (Å²) >= 11 is 0. The maximum atomic E-state index is 13.3. The number of aromatic nitrogens is 2. The van der Waals surface area contributed by atoms with Gasteiger partial charge in [-0.2, -0.15) is 22.1 Å². The van der Waals surface area contributed by atoms with Crippen molar-refractivity contribution in [2.24, 2.45) is 0 Å². The molecule has 0 aliphatic carbocycles. The van der Waals surface area contributed by atoms with Crippen molar-refractivity contribution in [3.63, 3.8) is 0 Å². The van der Waals surface area contributed by atoms with Gasteiger partial charge in [0.15, 0.2) is 0 Å². The number of hydrogen-bond acceptors (Lipinski definition) is 4. The van der Waals surface area contributed by atoms with Crippen LogP contribution in [0.4, 0.5) is 0 Å². The van der Waals surface area contributed by atoms with Gasteiger partial charge < -0.3 is 4.90 Å². The summed E-state index contributed by atoms with van der Waals surface area (Å²) < 4.78 is 31.2. The Bertz CT molecular complexity index is 1080. The Labute approximate surface area is 197 Å². The summed E-state index contributed by atoms with van der Waals surface area (Å²) in [7, 11) is -3.46. The lowest BCUT2D eigenvalue weighted by molar-refractivity contribution is 0.0692. The topological polar surface area (TPSA) is 78.8 Å². The number of nitrogens with zero attached hydrogens (tertiary/aromatic N) is 5. The predicted molar refractivity (Wildman–Crippen MR) is 128 cm³/mol. The molecule has 0 unspecified atom stereocenters. The Morgan fingerprint density at radius 1 is 0.848 bits per heavy atom. The van der Waals surface area contributed by atoms with Crippen LogP contribution in [0.3, 0.4) is 0 Å². The molecule has 0 atom stereocenters. The summed E-state index contributed by atoms with van der Waals surface area (Å²) in [6, 6.07) is 8.31. The average molecular weight is 474 g/mol. The van der Waals surface area contributed by atoms with Gasteiger partial charge in [-0.3, -0.25) is 9.48 Å². The first kappa shape index (κ1) is 23.9. The molecule has 2 saturated heterocycles. The Hall–Kier alpha value is -2.23. The lowest BCUT2D eigenvalue weighted by atomic mass is 10.1. The Balaban J connectivity index is 1.42. The maximum Gasteiger partial charge on any atom is 0.282 e. The molecule has 0 radical (unpaired) electrons. The zero-order chi connectivity index (χ0) is 23.6. The number of aryl methyl sites for hydroxylation is 2. The minimum absolute atomic E-state index is 0.0630. The predicted octanol–water partition coefficient (Wildman–Crippen LogP) is 2.74. The van der Waals surface area contributed by atoms with Crippen LogP contribution in [-0.2, 0) is 16.8 Å². The summed E-state index contributed by atoms with van der Waals surface area (Å²) in [5.41, 5.74) is 4.53. The minimum Gasteiger partial charge on any atom is -0.336 e. The minimum atomic E-state index is -3.46. The normalized spacial score (nSPS) is 18.9. The smallest absolute Gasteiger partial charge is 0.282 e. The molecule has 2 aromatic rings. The summed E-state index contributed by atoms with van der Waals surface area (Å²) in [4.78, 5) is 15.1. The highest BCUT2D eigenvalue weighted by atomic mass is 32.2. The van der Waals surface area contributed by atoms with Crippen LogP contribution < -0.4 is 0 Å². The van der Waals surface area contributed by atoms with Gasteiger partial charge in [0.05, 0.1) is 17.8 Å². The van der Waals surface area contributed by atoms with E-state index >= 15 is 0 Å². The molecule has 9 heteroatoms. The second kappa shape index (κ2) is 9.95. The van der Waals surface area contributed by atoms with Gasteiger partial charge in [-0.15, -0.1) is 0 Å². The Kier molecular flexibility index (Phi) is 7.21. The van der Waals surface area contributed by atoms with Gasteiger partial charge in [-0.05, 0) is 39.2 Å². The van der Waals surface area contributed by atoms with Gasteiger partial charge >= 0.3 is 0 Å². The molecule has 0 N–H and O–H groups in total. The Morgan fingerprint density at radius 3 is 2.03 bits per heavy atom. The number of carbonyl (C=O) groups is 1. The van der Waals surface area contributed by atoms with E-state index in [2.05, 4.69) is 36.3 Å². The third-order valence-electron chi connectivity index (χ3n) is 6.79. The highest BCUT2D eigenvalue weighted by Crippen LogP contribution is 2.21. The monoisotopic (exact) mass is 473 g/mol. The van der Waals surface area contributed by atoms with Crippen LogP contribution in [0.2, 0.25) is 0 Å². The molecule has 0 saturated carbocycles. The number of hydrogen-bond donors (Lipinski definition) is 0. The fourth-order valence-corrected chi connectivity index (χ4v) is 6.41. The molecule has 8 nitrogen and oxygen atoms in total. The first-order valence-electron chi connectivity index (χ1n) is 11.9. The molecule has 1 aromatic heterocycles. The SMILES string of the molecule is Cc1ccc(Cn2nc(C)c(C(=O)N3CCN(S(=O)(=O)N4CCCCCC4)CC3)c2C)cc1. The lowest BCUT2D eigenvalue weighted by Crippen LogP contribution is -2.54. The first-order chi connectivity index (χ1) is 15.8. The van der Waals surface area contributed by atoms with E-state index in [1.54, 1.807) is 13.5 Å². The van der Waals surface area contributed by atoms with Crippen molar-refractivity contribution in [1.29, 1.82) is 0 Å². The van der Waals surface area contributed by atoms with E-state index in [1.165, 1.54) is 5.56 Å². The number of piperazine rings is 1. The van der Waals surface area contributed by atoms with E-state index in [0.29, 0.717) is 57.1 Å². The third-order valence-corrected chi connectivity index (χ3v) is 8.83. The quantitative estimate of drug-likeness (QED) is 0.669. The largest absolute Gasteiger partial charge is 0.336 e. The molecule has 3 heterocycles. The summed E-state index contributed by atoms with van der Waals surface area (Å²) in [6.45, 7) is 9.13. The fraction of sp³-hybridized carbons (Fsp3) is 0.583. The van der Waals surface area contributed by atoms with E-state index in [1.807, 2.05) is 18.5 Å². The highest BCUT2D eigenvalue weighted by Gasteiger charge is 2.34. The lowest BCUT2D eigenvalue weighted by Gasteiger charge is -2.36. The highest BCUT2D eigenvalue weighted by molar-refractivity contribution is 7.86. The second-order valence-corrected chi connectivity index (χ2v) is 11.1. The molecule has 0 spiro atoms. The van der Waals surface area contributed by atoms with Gasteiger partial charge in [-0.25, -0.2) is 0 Å². The van der Waals surface area contributed by atoms with Crippen LogP contribution in [0.1, 0.15) is 58.6 Å². The van der Waals surface area contributed by atoms with Crippen LogP contribution in [0.25, 0.3) is 0 Å². The molecule has 180 valence electrons. The summed E-state index contributed by atoms with van der Waals surface area (Å²) in [5, 5.41) is 4.62. The average Bonchev–Trinajstić information content (AvgIpc) is 2.98. The van der Waals surface area contributed by atoms with Crippen molar-refractivity contribution in [2.45, 2.75) is 53.0 Å². The number of amides is 1. The van der Waals surface area contributed by atoms with Crippen LogP contribution in [0.15, 0.2) is 24.3 Å². The van der Waals surface area contributed by atoms with Crippen molar-refractivity contribution in [3.8, 4) is 0 Å². The molecule has 33 heavy (non-hydrogen) atoms. The van der Waals surface area contributed by atoms with Gasteiger partial charge in [0, 0.05) is 45.0 Å². The van der Waals surface area contributed by atoms with E-state index in [4.69, 9.17) is 0 Å². The zero-order valence-electron chi connectivity index (χ0n) is 20.0. The molecule has 2 aliphatic heterocycles. The molecule has 2 fully saturated rings. The van der Waals surface area contributed by atoms with E-state index in [9.17, 15) is 13.2 Å². The molecule has 0 bridgehead atoms. The van der Waals surface area contributed by atoms with Gasteiger partial charge in [0.25, 0.3) is 16.1 Å². The standard InChI is InChI=1S/C24H35N5O3S/c1-19-8-10-22(11-9-19)18-29-21(3)23(20(2)25-29)24(30)26-14-16-28(17-15-26)33(31,32)27-12-6-4-5-7-13-27/h8-11H,4-7,12-18H2,1-3H3. The van der Waals surface area contributed by atoms with Gasteiger partial charge in [0.2, 0.25) is 0 Å². The van der Waals surface area contributed by atoms with Gasteiger partial charge in [-0.1, -0.05) is 42.7 Å². The second-order valence-electron chi connectivity index (χ2n) is 9.20. The maximum absolute atomic E-state index is 13.3. The molecule has 2 aliphatic rings. The Morgan fingerprint density at radius 2 is 1.42 bits per heavy atom. The third kappa shape index (κ3) is 5.15. The van der Waals surface area contributed by atoms with E-state index < -0.39 is 10.2 Å². The van der Waals surface area contributed by atoms with Crippen LogP contribution >= 0.6 is 0 Å². The number of rotatable bonds is 5. The van der Waals surface area contributed by atoms with Crippen LogP contribution in [-0.4, -0.2) is 76.9 Å².